The van der Waals surface area contributed by atoms with Crippen LogP contribution in [0.4, 0.5) is 5.95 Å². The standard InChI is InChI=1S/C13H11N5O/c1-8-16-10-5-2-4-9(11(10)17-8)12(19)18-13-14-6-3-7-15-13/h2-7H,1H3,(H,16,17)(H,14,15,18,19). The maximum Gasteiger partial charge on any atom is 0.260 e. The molecule has 0 radical (unpaired) electrons. The van der Waals surface area contributed by atoms with Crippen molar-refractivity contribution < 1.29 is 4.79 Å². The van der Waals surface area contributed by atoms with Crippen LogP contribution in [-0.2, 0) is 0 Å². The highest BCUT2D eigenvalue weighted by molar-refractivity contribution is 6.10. The van der Waals surface area contributed by atoms with Crippen molar-refractivity contribution in [2.75, 3.05) is 5.32 Å². The number of imidazole rings is 1. The fourth-order valence-electron chi connectivity index (χ4n) is 1.87. The Kier molecular flexibility index (Phi) is 2.68. The van der Waals surface area contributed by atoms with E-state index in [4.69, 9.17) is 0 Å². The van der Waals surface area contributed by atoms with Crippen LogP contribution in [0.2, 0.25) is 0 Å². The van der Waals surface area contributed by atoms with Gasteiger partial charge in [0.15, 0.2) is 0 Å². The number of hydrogen-bond acceptors (Lipinski definition) is 4. The Balaban J connectivity index is 1.98. The van der Waals surface area contributed by atoms with Crippen LogP contribution < -0.4 is 5.32 Å². The molecule has 0 aliphatic heterocycles. The van der Waals surface area contributed by atoms with Crippen LogP contribution in [0.5, 0.6) is 0 Å². The molecule has 94 valence electrons. The normalized spacial score (nSPS) is 10.6. The first kappa shape index (κ1) is 11.3. The van der Waals surface area contributed by atoms with Crippen LogP contribution in [0.1, 0.15) is 16.2 Å². The van der Waals surface area contributed by atoms with Gasteiger partial charge in [-0.25, -0.2) is 15.0 Å². The highest BCUT2D eigenvalue weighted by Gasteiger charge is 2.13. The number of aromatic amines is 1. The van der Waals surface area contributed by atoms with Gasteiger partial charge < -0.3 is 4.98 Å². The number of nitrogens with zero attached hydrogens (tertiary/aromatic N) is 3. The number of aryl methyl sites for hydroxylation is 1. The minimum Gasteiger partial charge on any atom is -0.342 e. The summed E-state index contributed by atoms with van der Waals surface area (Å²) in [6.07, 6.45) is 3.14. The van der Waals surface area contributed by atoms with Crippen LogP contribution in [0.15, 0.2) is 36.7 Å². The zero-order valence-corrected chi connectivity index (χ0v) is 10.2. The van der Waals surface area contributed by atoms with E-state index in [1.165, 1.54) is 0 Å². The minimum absolute atomic E-state index is 0.275. The fraction of sp³-hybridized carbons (Fsp3) is 0.0769. The molecule has 0 unspecified atom stereocenters. The van der Waals surface area contributed by atoms with Crippen molar-refractivity contribution in [2.45, 2.75) is 6.92 Å². The van der Waals surface area contributed by atoms with Gasteiger partial charge in [0.2, 0.25) is 5.95 Å². The summed E-state index contributed by atoms with van der Waals surface area (Å²) in [4.78, 5) is 27.5. The Morgan fingerprint density at radius 2 is 2.00 bits per heavy atom. The lowest BCUT2D eigenvalue weighted by molar-refractivity contribution is 0.102. The summed E-state index contributed by atoms with van der Waals surface area (Å²) in [6, 6.07) is 7.10. The molecule has 0 saturated heterocycles. The van der Waals surface area contributed by atoms with E-state index >= 15 is 0 Å². The second-order valence-electron chi connectivity index (χ2n) is 4.05. The molecule has 1 aromatic carbocycles. The lowest BCUT2D eigenvalue weighted by atomic mass is 10.2. The lowest BCUT2D eigenvalue weighted by Crippen LogP contribution is -2.14. The monoisotopic (exact) mass is 253 g/mol. The molecule has 3 rings (SSSR count). The van der Waals surface area contributed by atoms with Gasteiger partial charge in [0.05, 0.1) is 11.1 Å². The van der Waals surface area contributed by atoms with Gasteiger partial charge in [-0.1, -0.05) is 6.07 Å². The van der Waals surface area contributed by atoms with E-state index in [-0.39, 0.29) is 11.9 Å². The van der Waals surface area contributed by atoms with Crippen molar-refractivity contribution >= 4 is 22.9 Å². The summed E-state index contributed by atoms with van der Waals surface area (Å²) in [7, 11) is 0. The van der Waals surface area contributed by atoms with Crippen molar-refractivity contribution in [1.82, 2.24) is 19.9 Å². The third-order valence-electron chi connectivity index (χ3n) is 2.67. The van der Waals surface area contributed by atoms with E-state index in [1.54, 1.807) is 30.6 Å². The van der Waals surface area contributed by atoms with Gasteiger partial charge in [-0.05, 0) is 25.1 Å². The second-order valence-corrected chi connectivity index (χ2v) is 4.05. The summed E-state index contributed by atoms with van der Waals surface area (Å²) in [5.74, 6) is 0.770. The van der Waals surface area contributed by atoms with Gasteiger partial charge in [0.1, 0.15) is 11.3 Å². The number of fused-ring (bicyclic) bond motifs is 1. The molecule has 1 amide bonds. The number of anilines is 1. The molecule has 0 saturated carbocycles. The highest BCUT2D eigenvalue weighted by atomic mass is 16.1. The summed E-state index contributed by atoms with van der Waals surface area (Å²) in [5, 5.41) is 2.64. The second kappa shape index (κ2) is 4.49. The van der Waals surface area contributed by atoms with Crippen LogP contribution in [0.25, 0.3) is 11.0 Å². The predicted octanol–water partition coefficient (Wildman–Crippen LogP) is 1.91. The molecule has 6 nitrogen and oxygen atoms in total. The van der Waals surface area contributed by atoms with Gasteiger partial charge in [-0.2, -0.15) is 0 Å². The van der Waals surface area contributed by atoms with E-state index < -0.39 is 0 Å². The first-order chi connectivity index (χ1) is 9.24. The largest absolute Gasteiger partial charge is 0.342 e. The number of nitrogens with one attached hydrogen (secondary N) is 2. The van der Waals surface area contributed by atoms with Gasteiger partial charge in [-0.15, -0.1) is 0 Å². The fourth-order valence-corrected chi connectivity index (χ4v) is 1.87. The Labute approximate surface area is 108 Å². The van der Waals surface area contributed by atoms with Crippen molar-refractivity contribution in [1.29, 1.82) is 0 Å². The summed E-state index contributed by atoms with van der Waals surface area (Å²) < 4.78 is 0. The Morgan fingerprint density at radius 3 is 2.79 bits per heavy atom. The predicted molar refractivity (Wildman–Crippen MR) is 70.8 cm³/mol. The molecule has 0 aliphatic carbocycles. The molecule has 2 heterocycles. The number of rotatable bonds is 2. The van der Waals surface area contributed by atoms with E-state index in [1.807, 2.05) is 13.0 Å². The summed E-state index contributed by atoms with van der Waals surface area (Å²) >= 11 is 0. The lowest BCUT2D eigenvalue weighted by Gasteiger charge is -2.03. The molecular formula is C13H11N5O. The number of benzene rings is 1. The zero-order valence-electron chi connectivity index (χ0n) is 10.2. The van der Waals surface area contributed by atoms with Crippen molar-refractivity contribution in [3.8, 4) is 0 Å². The van der Waals surface area contributed by atoms with Crippen molar-refractivity contribution in [2.24, 2.45) is 0 Å². The quantitative estimate of drug-likeness (QED) is 0.730. The van der Waals surface area contributed by atoms with Gasteiger partial charge >= 0.3 is 0 Å². The summed E-state index contributed by atoms with van der Waals surface area (Å²) in [6.45, 7) is 1.85. The summed E-state index contributed by atoms with van der Waals surface area (Å²) in [5.41, 5.74) is 1.97. The molecule has 2 aromatic heterocycles. The molecule has 0 aliphatic rings. The Morgan fingerprint density at radius 1 is 1.21 bits per heavy atom. The van der Waals surface area contributed by atoms with Gasteiger partial charge in [-0.3, -0.25) is 10.1 Å². The number of carbonyl (C=O) groups is 1. The molecule has 19 heavy (non-hydrogen) atoms. The first-order valence-electron chi connectivity index (χ1n) is 5.78. The maximum atomic E-state index is 12.2. The molecule has 6 heteroatoms. The highest BCUT2D eigenvalue weighted by Crippen LogP contribution is 2.17. The number of amides is 1. The average molecular weight is 253 g/mol. The van der Waals surface area contributed by atoms with E-state index in [2.05, 4.69) is 25.3 Å². The van der Waals surface area contributed by atoms with E-state index in [9.17, 15) is 4.79 Å². The molecule has 0 fully saturated rings. The first-order valence-corrected chi connectivity index (χ1v) is 5.78. The van der Waals surface area contributed by atoms with Crippen LogP contribution in [-0.4, -0.2) is 25.8 Å². The number of H-pyrrole nitrogens is 1. The molecule has 0 bridgehead atoms. The Bertz CT molecular complexity index is 735. The van der Waals surface area contributed by atoms with Crippen LogP contribution >= 0.6 is 0 Å². The minimum atomic E-state index is -0.275. The average Bonchev–Trinajstić information content (AvgIpc) is 2.79. The Hall–Kier alpha value is -2.76. The van der Waals surface area contributed by atoms with Crippen LogP contribution in [0.3, 0.4) is 0 Å². The van der Waals surface area contributed by atoms with Crippen molar-refractivity contribution in [3.63, 3.8) is 0 Å². The number of aromatic nitrogens is 4. The molecule has 3 aromatic rings. The van der Waals surface area contributed by atoms with Crippen LogP contribution in [0, 0.1) is 6.92 Å². The SMILES string of the molecule is Cc1nc2c(C(=O)Nc3ncccn3)cccc2[nH]1. The molecule has 0 spiro atoms. The maximum absolute atomic E-state index is 12.2. The number of hydrogen-bond donors (Lipinski definition) is 2. The van der Waals surface area contributed by atoms with Crippen molar-refractivity contribution in [3.05, 3.63) is 48.0 Å². The topological polar surface area (TPSA) is 83.6 Å². The molecular weight excluding hydrogens is 242 g/mol. The third kappa shape index (κ3) is 2.15. The van der Waals surface area contributed by atoms with Gasteiger partial charge in [0.25, 0.3) is 5.91 Å². The van der Waals surface area contributed by atoms with E-state index in [0.717, 1.165) is 11.3 Å². The molecule has 2 N–H and O–H groups in total. The smallest absolute Gasteiger partial charge is 0.260 e. The third-order valence-corrected chi connectivity index (χ3v) is 2.67. The molecule has 0 atom stereocenters. The number of para-hydroxylation sites is 1. The number of carbonyl (C=O) groups excluding carboxylic acids is 1. The van der Waals surface area contributed by atoms with Gasteiger partial charge in [0, 0.05) is 12.4 Å². The van der Waals surface area contributed by atoms with E-state index in [0.29, 0.717) is 11.1 Å². The zero-order chi connectivity index (χ0) is 13.2.